The van der Waals surface area contributed by atoms with E-state index < -0.39 is 18.0 Å². The van der Waals surface area contributed by atoms with E-state index in [0.29, 0.717) is 37.3 Å². The topological polar surface area (TPSA) is 111 Å². The number of hydrogen-bond donors (Lipinski definition) is 1. The number of benzene rings is 1. The molecule has 2 fully saturated rings. The molecule has 2 aliphatic rings. The maximum Gasteiger partial charge on any atom is 0.414 e. The van der Waals surface area contributed by atoms with E-state index in [0.717, 1.165) is 0 Å². The van der Waals surface area contributed by atoms with Crippen molar-refractivity contribution >= 4 is 23.4 Å². The fraction of sp³-hybridized carbons (Fsp3) is 0.529. The van der Waals surface area contributed by atoms with Crippen molar-refractivity contribution in [2.24, 2.45) is 5.11 Å². The quantitative estimate of drug-likeness (QED) is 0.484. The first-order chi connectivity index (χ1) is 13.0. The van der Waals surface area contributed by atoms with Gasteiger partial charge in [0.2, 0.25) is 5.91 Å². The van der Waals surface area contributed by atoms with Gasteiger partial charge in [0.15, 0.2) is 0 Å². The van der Waals surface area contributed by atoms with Crippen LogP contribution in [-0.2, 0) is 9.53 Å². The number of hydrogen-bond acceptors (Lipinski definition) is 5. The molecule has 1 aromatic carbocycles. The van der Waals surface area contributed by atoms with Crippen LogP contribution in [0.5, 0.6) is 0 Å². The molecule has 0 bridgehead atoms. The fourth-order valence-corrected chi connectivity index (χ4v) is 3.31. The molecule has 2 heterocycles. The number of carbonyl (C=O) groups excluding carboxylic acids is 2. The number of nitrogens with zero attached hydrogens (tertiary/aromatic N) is 5. The SMILES string of the molecule is CC(=O)NC[C@H]1CN(c2ccc(N3CCC(N=[N+]=[N-])CC3)c(F)c2)C(=O)O1. The average Bonchev–Trinajstić information content (AvgIpc) is 3.02. The Morgan fingerprint density at radius 2 is 2.19 bits per heavy atom. The number of azide groups is 1. The summed E-state index contributed by atoms with van der Waals surface area (Å²) >= 11 is 0. The van der Waals surface area contributed by atoms with E-state index in [2.05, 4.69) is 15.3 Å². The predicted molar refractivity (Wildman–Crippen MR) is 97.1 cm³/mol. The average molecular weight is 376 g/mol. The van der Waals surface area contributed by atoms with E-state index in [4.69, 9.17) is 10.3 Å². The largest absolute Gasteiger partial charge is 0.442 e. The van der Waals surface area contributed by atoms with Crippen molar-refractivity contribution in [3.63, 3.8) is 0 Å². The van der Waals surface area contributed by atoms with Gasteiger partial charge in [-0.1, -0.05) is 5.11 Å². The van der Waals surface area contributed by atoms with Crippen LogP contribution < -0.4 is 15.1 Å². The van der Waals surface area contributed by atoms with Crippen LogP contribution in [0.25, 0.3) is 10.4 Å². The van der Waals surface area contributed by atoms with Gasteiger partial charge in [-0.3, -0.25) is 9.69 Å². The van der Waals surface area contributed by atoms with Crippen LogP contribution >= 0.6 is 0 Å². The molecule has 9 nitrogen and oxygen atoms in total. The molecule has 2 amide bonds. The van der Waals surface area contributed by atoms with Gasteiger partial charge in [0.1, 0.15) is 11.9 Å². The lowest BCUT2D eigenvalue weighted by molar-refractivity contribution is -0.119. The molecule has 27 heavy (non-hydrogen) atoms. The van der Waals surface area contributed by atoms with E-state index >= 15 is 0 Å². The van der Waals surface area contributed by atoms with E-state index in [1.165, 1.54) is 17.9 Å². The number of cyclic esters (lactones) is 1. The molecule has 1 N–H and O–H groups in total. The van der Waals surface area contributed by atoms with Crippen molar-refractivity contribution in [1.29, 1.82) is 0 Å². The third-order valence-electron chi connectivity index (χ3n) is 4.72. The molecule has 0 saturated carbocycles. The summed E-state index contributed by atoms with van der Waals surface area (Å²) in [6.45, 7) is 3.06. The highest BCUT2D eigenvalue weighted by Crippen LogP contribution is 2.29. The Kier molecular flexibility index (Phi) is 5.66. The number of carbonyl (C=O) groups is 2. The standard InChI is InChI=1S/C17H21FN6O3/c1-11(25)20-9-14-10-24(17(26)27-14)13-2-3-16(15(18)8-13)23-6-4-12(5-7-23)21-22-19/h2-3,8,12,14H,4-7,9-10H2,1H3,(H,20,25)/t14-/m0/s1. The molecule has 144 valence electrons. The zero-order valence-electron chi connectivity index (χ0n) is 15.0. The highest BCUT2D eigenvalue weighted by molar-refractivity contribution is 5.90. The van der Waals surface area contributed by atoms with Gasteiger partial charge in [-0.2, -0.15) is 0 Å². The molecule has 1 aromatic rings. The molecular weight excluding hydrogens is 355 g/mol. The van der Waals surface area contributed by atoms with Crippen molar-refractivity contribution in [3.8, 4) is 0 Å². The Balaban J connectivity index is 1.65. The Labute approximate surface area is 155 Å². The van der Waals surface area contributed by atoms with Gasteiger partial charge in [-0.15, -0.1) is 0 Å². The first kappa shape index (κ1) is 18.8. The molecule has 0 aliphatic carbocycles. The first-order valence-electron chi connectivity index (χ1n) is 8.79. The summed E-state index contributed by atoms with van der Waals surface area (Å²) in [5.74, 6) is -0.628. The lowest BCUT2D eigenvalue weighted by atomic mass is 10.1. The summed E-state index contributed by atoms with van der Waals surface area (Å²) in [7, 11) is 0. The summed E-state index contributed by atoms with van der Waals surface area (Å²) in [6, 6.07) is 4.60. The molecule has 0 unspecified atom stereocenters. The maximum atomic E-state index is 14.7. The van der Waals surface area contributed by atoms with Crippen LogP contribution in [0.2, 0.25) is 0 Å². The van der Waals surface area contributed by atoms with Crippen molar-refractivity contribution < 1.29 is 18.7 Å². The Morgan fingerprint density at radius 1 is 1.44 bits per heavy atom. The minimum Gasteiger partial charge on any atom is -0.442 e. The fourth-order valence-electron chi connectivity index (χ4n) is 3.31. The van der Waals surface area contributed by atoms with Gasteiger partial charge in [-0.05, 0) is 36.6 Å². The second kappa shape index (κ2) is 8.13. The van der Waals surface area contributed by atoms with Crippen LogP contribution in [-0.4, -0.2) is 50.3 Å². The molecule has 2 saturated heterocycles. The third kappa shape index (κ3) is 4.40. The molecule has 0 spiro atoms. The van der Waals surface area contributed by atoms with Crippen molar-refractivity contribution in [2.75, 3.05) is 36.0 Å². The number of ether oxygens (including phenoxy) is 1. The van der Waals surface area contributed by atoms with Crippen LogP contribution in [0.3, 0.4) is 0 Å². The molecule has 0 aromatic heterocycles. The predicted octanol–water partition coefficient (Wildman–Crippen LogP) is 2.57. The molecule has 2 aliphatic heterocycles. The Bertz CT molecular complexity index is 774. The lowest BCUT2D eigenvalue weighted by Crippen LogP contribution is -2.35. The van der Waals surface area contributed by atoms with Crippen molar-refractivity contribution in [3.05, 3.63) is 34.5 Å². The van der Waals surface area contributed by atoms with Gasteiger partial charge in [0.25, 0.3) is 0 Å². The normalized spacial score (nSPS) is 20.2. The zero-order chi connectivity index (χ0) is 19.4. The number of anilines is 2. The van der Waals surface area contributed by atoms with Crippen LogP contribution in [0.15, 0.2) is 23.3 Å². The van der Waals surface area contributed by atoms with E-state index in [-0.39, 0.29) is 25.0 Å². The molecule has 10 heteroatoms. The lowest BCUT2D eigenvalue weighted by Gasteiger charge is -2.32. The van der Waals surface area contributed by atoms with Gasteiger partial charge in [0, 0.05) is 31.0 Å². The molecule has 3 rings (SSSR count). The Hall–Kier alpha value is -3.00. The summed E-state index contributed by atoms with van der Waals surface area (Å²) in [4.78, 5) is 29.1. The van der Waals surface area contributed by atoms with Gasteiger partial charge >= 0.3 is 6.09 Å². The molecular formula is C17H21FN6O3. The van der Waals surface area contributed by atoms with Crippen molar-refractivity contribution in [2.45, 2.75) is 31.9 Å². The summed E-state index contributed by atoms with van der Waals surface area (Å²) in [5, 5.41) is 6.32. The van der Waals surface area contributed by atoms with E-state index in [9.17, 15) is 14.0 Å². The minimum atomic E-state index is -0.562. The first-order valence-corrected chi connectivity index (χ1v) is 8.79. The molecule has 0 radical (unpaired) electrons. The van der Waals surface area contributed by atoms with Crippen LogP contribution in [0.1, 0.15) is 19.8 Å². The van der Waals surface area contributed by atoms with Crippen molar-refractivity contribution in [1.82, 2.24) is 5.32 Å². The van der Waals surface area contributed by atoms with Crippen LogP contribution in [0.4, 0.5) is 20.6 Å². The summed E-state index contributed by atoms with van der Waals surface area (Å²) in [6.07, 6.45) is 0.319. The third-order valence-corrected chi connectivity index (χ3v) is 4.72. The van der Waals surface area contributed by atoms with Gasteiger partial charge in [0.05, 0.1) is 24.5 Å². The van der Waals surface area contributed by atoms with Gasteiger partial charge < -0.3 is 15.0 Å². The number of rotatable bonds is 5. The smallest absolute Gasteiger partial charge is 0.414 e. The number of piperidine rings is 1. The monoisotopic (exact) mass is 376 g/mol. The second-order valence-electron chi connectivity index (χ2n) is 6.61. The second-order valence-corrected chi connectivity index (χ2v) is 6.61. The Morgan fingerprint density at radius 3 is 2.81 bits per heavy atom. The zero-order valence-corrected chi connectivity index (χ0v) is 15.0. The van der Waals surface area contributed by atoms with E-state index in [1.54, 1.807) is 12.1 Å². The molecule has 1 atom stereocenters. The number of nitrogens with one attached hydrogen (secondary N) is 1. The summed E-state index contributed by atoms with van der Waals surface area (Å²) < 4.78 is 19.9. The van der Waals surface area contributed by atoms with Gasteiger partial charge in [-0.25, -0.2) is 9.18 Å². The number of amides is 2. The highest BCUT2D eigenvalue weighted by atomic mass is 19.1. The van der Waals surface area contributed by atoms with Crippen LogP contribution in [0, 0.1) is 5.82 Å². The minimum absolute atomic E-state index is 0.0477. The summed E-state index contributed by atoms with van der Waals surface area (Å²) in [5.41, 5.74) is 9.37. The maximum absolute atomic E-state index is 14.7. The highest BCUT2D eigenvalue weighted by Gasteiger charge is 2.33. The van der Waals surface area contributed by atoms with E-state index in [1.807, 2.05) is 4.90 Å². The number of halogens is 1.